The van der Waals surface area contributed by atoms with Crippen molar-refractivity contribution in [3.8, 4) is 0 Å². The smallest absolute Gasteiger partial charge is 0.241 e. The Morgan fingerprint density at radius 2 is 2.42 bits per heavy atom. The van der Waals surface area contributed by atoms with Crippen LogP contribution in [0.15, 0.2) is 24.4 Å². The third-order valence-electron chi connectivity index (χ3n) is 1.19. The average Bonchev–Trinajstić information content (AvgIpc) is 2.03. The molecule has 62 valence electrons. The van der Waals surface area contributed by atoms with Crippen LogP contribution in [0, 0.1) is 0 Å². The first kappa shape index (κ1) is 8.74. The van der Waals surface area contributed by atoms with Crippen LogP contribution in [0.1, 0.15) is 5.69 Å². The number of carbonyl (C=O) groups is 1. The highest BCUT2D eigenvalue weighted by Crippen LogP contribution is 2.12. The Morgan fingerprint density at radius 1 is 1.67 bits per heavy atom. The number of hydrogen-bond donors (Lipinski definition) is 1. The molecule has 0 atom stereocenters. The Bertz CT molecular complexity index is 323. The summed E-state index contributed by atoms with van der Waals surface area (Å²) in [5.41, 5.74) is 5.43. The topological polar surface area (TPSA) is 56.0 Å². The van der Waals surface area contributed by atoms with Gasteiger partial charge in [0.2, 0.25) is 5.91 Å². The number of nitrogens with two attached hydrogens (primary N) is 1. The fraction of sp³-hybridized carbons (Fsp3) is 0. The van der Waals surface area contributed by atoms with Crippen LogP contribution in [0.4, 0.5) is 0 Å². The molecule has 4 heteroatoms. The molecule has 1 aromatic rings. The van der Waals surface area contributed by atoms with Crippen LogP contribution >= 0.6 is 11.6 Å². The lowest BCUT2D eigenvalue weighted by molar-refractivity contribution is -0.113. The van der Waals surface area contributed by atoms with Gasteiger partial charge < -0.3 is 5.73 Å². The van der Waals surface area contributed by atoms with E-state index in [0.717, 1.165) is 0 Å². The quantitative estimate of drug-likeness (QED) is 0.700. The Morgan fingerprint density at radius 3 is 3.00 bits per heavy atom. The molecular formula is C8H7ClN2O. The molecule has 0 fully saturated rings. The van der Waals surface area contributed by atoms with E-state index >= 15 is 0 Å². The predicted octanol–water partition coefficient (Wildman–Crippen LogP) is 1.23. The highest BCUT2D eigenvalue weighted by atomic mass is 35.5. The van der Waals surface area contributed by atoms with Crippen molar-refractivity contribution in [1.29, 1.82) is 0 Å². The second-order valence-electron chi connectivity index (χ2n) is 2.11. The molecular weight excluding hydrogens is 176 g/mol. The van der Waals surface area contributed by atoms with Crippen molar-refractivity contribution in [3.05, 3.63) is 35.1 Å². The monoisotopic (exact) mass is 182 g/mol. The summed E-state index contributed by atoms with van der Waals surface area (Å²) in [5.74, 6) is -0.517. The van der Waals surface area contributed by atoms with Crippen LogP contribution in [0.5, 0.6) is 0 Å². The number of rotatable bonds is 2. The number of nitrogens with zero attached hydrogens (tertiary/aromatic N) is 1. The third kappa shape index (κ3) is 2.36. The highest BCUT2D eigenvalue weighted by Gasteiger charge is 1.94. The third-order valence-corrected chi connectivity index (χ3v) is 1.51. The van der Waals surface area contributed by atoms with Gasteiger partial charge in [-0.05, 0) is 18.2 Å². The first-order valence-electron chi connectivity index (χ1n) is 3.28. The van der Waals surface area contributed by atoms with Crippen molar-refractivity contribution in [2.24, 2.45) is 5.73 Å². The molecule has 0 unspecified atom stereocenters. The molecule has 0 bridgehead atoms. The largest absolute Gasteiger partial charge is 0.366 e. The van der Waals surface area contributed by atoms with Crippen LogP contribution in [0.25, 0.3) is 6.08 Å². The van der Waals surface area contributed by atoms with E-state index in [2.05, 4.69) is 4.98 Å². The summed E-state index contributed by atoms with van der Waals surface area (Å²) in [6.45, 7) is 0. The lowest BCUT2D eigenvalue weighted by Gasteiger charge is -1.93. The standard InChI is InChI=1S/C8H7ClN2O/c9-6-2-1-5-11-7(6)3-4-8(10)12/h1-5H,(H2,10,12). The summed E-state index contributed by atoms with van der Waals surface area (Å²) in [4.78, 5) is 14.3. The number of hydrogen-bond acceptors (Lipinski definition) is 2. The van der Waals surface area contributed by atoms with Gasteiger partial charge in [-0.25, -0.2) is 0 Å². The van der Waals surface area contributed by atoms with Crippen LogP contribution in [0.3, 0.4) is 0 Å². The number of pyridine rings is 1. The van der Waals surface area contributed by atoms with Gasteiger partial charge in [0.15, 0.2) is 0 Å². The molecule has 1 amide bonds. The number of aromatic nitrogens is 1. The van der Waals surface area contributed by atoms with Gasteiger partial charge in [-0.3, -0.25) is 9.78 Å². The van der Waals surface area contributed by atoms with Crippen molar-refractivity contribution in [2.45, 2.75) is 0 Å². The maximum atomic E-state index is 10.3. The molecule has 1 aromatic heterocycles. The van der Waals surface area contributed by atoms with Crippen LogP contribution < -0.4 is 5.73 Å². The van der Waals surface area contributed by atoms with E-state index in [4.69, 9.17) is 17.3 Å². The van der Waals surface area contributed by atoms with Crippen molar-refractivity contribution >= 4 is 23.6 Å². The SMILES string of the molecule is NC(=O)C=Cc1ncccc1Cl. The average molecular weight is 183 g/mol. The van der Waals surface area contributed by atoms with Gasteiger partial charge in [0, 0.05) is 12.3 Å². The van der Waals surface area contributed by atoms with E-state index in [1.54, 1.807) is 18.3 Å². The Hall–Kier alpha value is -1.35. The molecule has 0 aliphatic heterocycles. The summed E-state index contributed by atoms with van der Waals surface area (Å²) >= 11 is 5.74. The molecule has 0 radical (unpaired) electrons. The zero-order valence-electron chi connectivity index (χ0n) is 6.20. The van der Waals surface area contributed by atoms with Crippen LogP contribution in [0.2, 0.25) is 5.02 Å². The molecule has 0 aromatic carbocycles. The second kappa shape index (κ2) is 3.88. The maximum absolute atomic E-state index is 10.3. The lowest BCUT2D eigenvalue weighted by Crippen LogP contribution is -2.05. The number of amides is 1. The fourth-order valence-electron chi connectivity index (χ4n) is 0.682. The van der Waals surface area contributed by atoms with E-state index < -0.39 is 5.91 Å². The minimum Gasteiger partial charge on any atom is -0.366 e. The first-order chi connectivity index (χ1) is 5.70. The Balaban J connectivity index is 2.89. The molecule has 0 aliphatic carbocycles. The van der Waals surface area contributed by atoms with E-state index in [1.165, 1.54) is 12.2 Å². The molecule has 1 rings (SSSR count). The molecule has 0 saturated heterocycles. The predicted molar refractivity (Wildman–Crippen MR) is 47.5 cm³/mol. The van der Waals surface area contributed by atoms with Crippen molar-refractivity contribution < 1.29 is 4.79 Å². The zero-order valence-corrected chi connectivity index (χ0v) is 6.95. The van der Waals surface area contributed by atoms with Gasteiger partial charge in [-0.15, -0.1) is 0 Å². The van der Waals surface area contributed by atoms with E-state index in [9.17, 15) is 4.79 Å². The number of halogens is 1. The van der Waals surface area contributed by atoms with E-state index in [-0.39, 0.29) is 0 Å². The summed E-state index contributed by atoms with van der Waals surface area (Å²) in [6, 6.07) is 3.40. The van der Waals surface area contributed by atoms with Crippen LogP contribution in [-0.2, 0) is 4.79 Å². The molecule has 3 nitrogen and oxygen atoms in total. The van der Waals surface area contributed by atoms with Gasteiger partial charge in [-0.2, -0.15) is 0 Å². The Kier molecular flexibility index (Phi) is 2.82. The van der Waals surface area contributed by atoms with E-state index in [1.807, 2.05) is 0 Å². The molecule has 1 heterocycles. The summed E-state index contributed by atoms with van der Waals surface area (Å²) < 4.78 is 0. The number of carbonyl (C=O) groups excluding carboxylic acids is 1. The summed E-state index contributed by atoms with van der Waals surface area (Å²) in [5, 5.41) is 0.495. The Labute approximate surface area is 74.9 Å². The minimum absolute atomic E-state index is 0.495. The highest BCUT2D eigenvalue weighted by molar-refractivity contribution is 6.31. The van der Waals surface area contributed by atoms with Gasteiger partial charge in [0.25, 0.3) is 0 Å². The van der Waals surface area contributed by atoms with Crippen molar-refractivity contribution in [3.63, 3.8) is 0 Å². The number of primary amides is 1. The summed E-state index contributed by atoms with van der Waals surface area (Å²) in [7, 11) is 0. The van der Waals surface area contributed by atoms with Gasteiger partial charge in [0.1, 0.15) is 0 Å². The van der Waals surface area contributed by atoms with Gasteiger partial charge >= 0.3 is 0 Å². The maximum Gasteiger partial charge on any atom is 0.241 e. The molecule has 2 N–H and O–H groups in total. The normalized spacial score (nSPS) is 10.4. The molecule has 0 aliphatic rings. The lowest BCUT2D eigenvalue weighted by atomic mass is 10.3. The minimum atomic E-state index is -0.517. The molecule has 0 saturated carbocycles. The zero-order chi connectivity index (χ0) is 8.97. The summed E-state index contributed by atoms with van der Waals surface area (Å²) in [6.07, 6.45) is 4.28. The molecule has 0 spiro atoms. The van der Waals surface area contributed by atoms with Gasteiger partial charge in [-0.1, -0.05) is 11.6 Å². The second-order valence-corrected chi connectivity index (χ2v) is 2.51. The van der Waals surface area contributed by atoms with Gasteiger partial charge in [0.05, 0.1) is 10.7 Å². The van der Waals surface area contributed by atoms with Crippen LogP contribution in [-0.4, -0.2) is 10.9 Å². The van der Waals surface area contributed by atoms with E-state index in [0.29, 0.717) is 10.7 Å². The first-order valence-corrected chi connectivity index (χ1v) is 3.66. The molecule has 12 heavy (non-hydrogen) atoms. The van der Waals surface area contributed by atoms with Crippen molar-refractivity contribution in [1.82, 2.24) is 4.98 Å². The van der Waals surface area contributed by atoms with Crippen molar-refractivity contribution in [2.75, 3.05) is 0 Å². The fourth-order valence-corrected chi connectivity index (χ4v) is 0.866.